The van der Waals surface area contributed by atoms with Gasteiger partial charge < -0.3 is 4.42 Å². The Kier molecular flexibility index (Phi) is 4.07. The highest BCUT2D eigenvalue weighted by atomic mass is 16.3. The molecule has 0 saturated carbocycles. The van der Waals surface area contributed by atoms with Crippen LogP contribution in [0.2, 0.25) is 0 Å². The summed E-state index contributed by atoms with van der Waals surface area (Å²) in [4.78, 5) is 0. The van der Waals surface area contributed by atoms with E-state index < -0.39 is 95.7 Å². The first-order valence-corrected chi connectivity index (χ1v) is 16.2. The summed E-state index contributed by atoms with van der Waals surface area (Å²) in [6.07, 6.45) is 0. The van der Waals surface area contributed by atoms with Gasteiger partial charge in [-0.25, -0.2) is 0 Å². The summed E-state index contributed by atoms with van der Waals surface area (Å²) in [6.45, 7) is 0. The SMILES string of the molecule is [2H]c1c([2H])c([2H])c(-c2cc(-c3c4ccccc4c(-c4c([2H])c([2H])c([2H])c5oc6c([2H])c(-c7c([2H])c([2H])c([2H])c([2H])c7[2H])c([2H])c([2H])c6c45)c4ccccc34)ccc2-c2ccccc2)c([2H])c1[2H]. The van der Waals surface area contributed by atoms with Gasteiger partial charge in [0.25, 0.3) is 0 Å². The van der Waals surface area contributed by atoms with Gasteiger partial charge in [-0.1, -0.05) is 170 Å². The lowest BCUT2D eigenvalue weighted by Crippen LogP contribution is -1.93. The van der Waals surface area contributed by atoms with Crippen LogP contribution in [0.1, 0.15) is 21.9 Å². The fourth-order valence-corrected chi connectivity index (χ4v) is 7.00. The van der Waals surface area contributed by atoms with Crippen molar-refractivity contribution in [1.29, 1.82) is 0 Å². The molecule has 0 bridgehead atoms. The van der Waals surface area contributed by atoms with Crippen molar-refractivity contribution in [3.63, 3.8) is 0 Å². The lowest BCUT2D eigenvalue weighted by molar-refractivity contribution is 0.669. The average Bonchev–Trinajstić information content (AvgIpc) is 3.74. The molecule has 1 heteroatoms. The molecule has 0 fully saturated rings. The Morgan fingerprint density at radius 2 is 0.980 bits per heavy atom. The Labute approximate surface area is 319 Å². The quantitative estimate of drug-likeness (QED) is 0.167. The zero-order valence-electron chi connectivity index (χ0n) is 42.6. The molecule has 0 unspecified atom stereocenters. The van der Waals surface area contributed by atoms with E-state index in [1.165, 1.54) is 0 Å². The van der Waals surface area contributed by atoms with E-state index in [9.17, 15) is 5.48 Å². The number of hydrogen-bond donors (Lipinski definition) is 0. The van der Waals surface area contributed by atoms with E-state index >= 15 is 0 Å². The molecule has 0 aliphatic rings. The van der Waals surface area contributed by atoms with Crippen molar-refractivity contribution in [2.75, 3.05) is 0 Å². The maximum absolute atomic E-state index is 9.54. The first kappa shape index (κ1) is 17.3. The van der Waals surface area contributed by atoms with Crippen molar-refractivity contribution >= 4 is 43.5 Å². The van der Waals surface area contributed by atoms with Crippen LogP contribution in [0.5, 0.6) is 0 Å². The van der Waals surface area contributed by atoms with E-state index in [1.807, 2.05) is 84.9 Å². The van der Waals surface area contributed by atoms with Crippen LogP contribution in [0, 0.1) is 0 Å². The van der Waals surface area contributed by atoms with Gasteiger partial charge in [0.1, 0.15) is 11.2 Å². The minimum Gasteiger partial charge on any atom is -0.456 e. The van der Waals surface area contributed by atoms with Crippen molar-refractivity contribution in [3.05, 3.63) is 194 Å². The molecule has 0 N–H and O–H groups in total. The van der Waals surface area contributed by atoms with E-state index in [0.717, 1.165) is 5.56 Å². The molecule has 0 saturated heterocycles. The molecule has 10 aromatic rings. The van der Waals surface area contributed by atoms with Gasteiger partial charge in [-0.15, -0.1) is 0 Å². The largest absolute Gasteiger partial charge is 0.456 e. The summed E-state index contributed by atoms with van der Waals surface area (Å²) >= 11 is 0. The normalized spacial score (nSPS) is 15.9. The van der Waals surface area contributed by atoms with Gasteiger partial charge in [0, 0.05) is 10.8 Å². The molecule has 51 heavy (non-hydrogen) atoms. The predicted molar refractivity (Wildman–Crippen MR) is 216 cm³/mol. The molecule has 0 aliphatic heterocycles. The van der Waals surface area contributed by atoms with Crippen LogP contribution in [0.4, 0.5) is 0 Å². The van der Waals surface area contributed by atoms with E-state index in [0.29, 0.717) is 49.4 Å². The number of hydrogen-bond acceptors (Lipinski definition) is 1. The summed E-state index contributed by atoms with van der Waals surface area (Å²) in [5.74, 6) is 0. The van der Waals surface area contributed by atoms with Crippen LogP contribution in [0.15, 0.2) is 198 Å². The third kappa shape index (κ3) is 4.86. The van der Waals surface area contributed by atoms with Gasteiger partial charge in [-0.2, -0.15) is 0 Å². The minimum atomic E-state index is -0.695. The Hall–Kier alpha value is -6.70. The van der Waals surface area contributed by atoms with Gasteiger partial charge in [-0.05, 0) is 101 Å². The van der Waals surface area contributed by atoms with Crippen molar-refractivity contribution in [2.24, 2.45) is 0 Å². The Bertz CT molecular complexity index is 3710. The van der Waals surface area contributed by atoms with Gasteiger partial charge in [0.15, 0.2) is 0 Å². The molecule has 0 aliphatic carbocycles. The molecule has 0 radical (unpaired) electrons. The van der Waals surface area contributed by atoms with Crippen molar-refractivity contribution < 1.29 is 26.3 Å². The molecule has 0 atom stereocenters. The molecule has 238 valence electrons. The van der Waals surface area contributed by atoms with Crippen LogP contribution >= 0.6 is 0 Å². The number of benzene rings is 9. The summed E-state index contributed by atoms with van der Waals surface area (Å²) < 4.78 is 147. The fraction of sp³-hybridized carbons (Fsp3) is 0. The van der Waals surface area contributed by atoms with E-state index in [-0.39, 0.29) is 45.2 Å². The topological polar surface area (TPSA) is 13.1 Å². The van der Waals surface area contributed by atoms with Crippen molar-refractivity contribution in [2.45, 2.75) is 0 Å². The molecule has 0 spiro atoms. The Morgan fingerprint density at radius 3 is 1.67 bits per heavy atom. The standard InChI is InChI=1S/C50H32O/c1-4-15-33(16-5-1)36-27-30-43-47(32-36)51-46-26-14-25-44(50(43)46)49-41-23-12-10-21-39(41)48(40-22-11-13-24-42(40)49)37-28-29-38(34-17-6-2-7-18-34)45(31-37)35-19-8-3-9-20-35/h1-32H/i1D,3D,4D,5D,8D,9D,14D,15D,16D,19D,20D,25D,26D,27D,30D,32D. The minimum absolute atomic E-state index is 0.0133. The second kappa shape index (κ2) is 12.0. The Morgan fingerprint density at radius 1 is 0.353 bits per heavy atom. The molecule has 0 amide bonds. The highest BCUT2D eigenvalue weighted by Gasteiger charge is 2.21. The van der Waals surface area contributed by atoms with E-state index in [2.05, 4.69) is 0 Å². The van der Waals surface area contributed by atoms with Crippen LogP contribution in [0.3, 0.4) is 0 Å². The van der Waals surface area contributed by atoms with E-state index in [4.69, 9.17) is 20.9 Å². The van der Waals surface area contributed by atoms with Gasteiger partial charge in [-0.3, -0.25) is 0 Å². The summed E-state index contributed by atoms with van der Waals surface area (Å²) in [5, 5.41) is 2.31. The van der Waals surface area contributed by atoms with Crippen LogP contribution in [-0.2, 0) is 0 Å². The molecule has 1 aromatic heterocycles. The first-order valence-electron chi connectivity index (χ1n) is 24.2. The summed E-state index contributed by atoms with van der Waals surface area (Å²) in [6, 6.07) is 20.7. The second-order valence-corrected chi connectivity index (χ2v) is 12.0. The smallest absolute Gasteiger partial charge is 0.136 e. The first-order chi connectivity index (χ1) is 32.0. The average molecular weight is 665 g/mol. The zero-order chi connectivity index (χ0) is 47.7. The molecule has 1 nitrogen and oxygen atoms in total. The van der Waals surface area contributed by atoms with Gasteiger partial charge >= 0.3 is 0 Å². The van der Waals surface area contributed by atoms with Crippen molar-refractivity contribution in [1.82, 2.24) is 0 Å². The predicted octanol–water partition coefficient (Wildman–Crippen LogP) is 14.2. The van der Waals surface area contributed by atoms with Gasteiger partial charge in [0.05, 0.1) is 21.9 Å². The van der Waals surface area contributed by atoms with Crippen LogP contribution < -0.4 is 0 Å². The lowest BCUT2D eigenvalue weighted by Gasteiger charge is -2.19. The molecular formula is C50H32O. The van der Waals surface area contributed by atoms with Gasteiger partial charge in [0.2, 0.25) is 0 Å². The second-order valence-electron chi connectivity index (χ2n) is 12.0. The third-order valence-corrected chi connectivity index (χ3v) is 9.17. The Balaban J connectivity index is 1.32. The molecule has 9 aromatic carbocycles. The number of fused-ring (bicyclic) bond motifs is 5. The molecular weight excluding hydrogens is 617 g/mol. The maximum atomic E-state index is 9.54. The monoisotopic (exact) mass is 664 g/mol. The number of furan rings is 1. The highest BCUT2D eigenvalue weighted by molar-refractivity contribution is 6.25. The van der Waals surface area contributed by atoms with Crippen molar-refractivity contribution in [3.8, 4) is 55.6 Å². The molecule has 1 heterocycles. The van der Waals surface area contributed by atoms with Crippen LogP contribution in [-0.4, -0.2) is 0 Å². The maximum Gasteiger partial charge on any atom is 0.136 e. The highest BCUT2D eigenvalue weighted by Crippen LogP contribution is 2.48. The zero-order valence-corrected chi connectivity index (χ0v) is 26.6. The fourth-order valence-electron chi connectivity index (χ4n) is 7.00. The summed E-state index contributed by atoms with van der Waals surface area (Å²) in [7, 11) is 0. The lowest BCUT2D eigenvalue weighted by atomic mass is 9.83. The number of rotatable bonds is 5. The van der Waals surface area contributed by atoms with E-state index in [1.54, 1.807) is 12.1 Å². The molecule has 10 rings (SSSR count). The summed E-state index contributed by atoms with van der Waals surface area (Å²) in [5.41, 5.74) is 2.12. The van der Waals surface area contributed by atoms with Crippen LogP contribution in [0.25, 0.3) is 99.1 Å². The third-order valence-electron chi connectivity index (χ3n) is 9.17.